The fourth-order valence-corrected chi connectivity index (χ4v) is 3.98. The molecule has 192 valence electrons. The molecule has 2 aromatic heterocycles. The Morgan fingerprint density at radius 1 is 1.17 bits per heavy atom. The molecular formula is C25H30Cl2N6O3. The summed E-state index contributed by atoms with van der Waals surface area (Å²) in [5.41, 5.74) is 1.88. The fourth-order valence-electron chi connectivity index (χ4n) is 3.45. The third kappa shape index (κ3) is 6.02. The first-order valence-corrected chi connectivity index (χ1v) is 12.7. The Hall–Kier alpha value is -3.04. The van der Waals surface area contributed by atoms with Crippen molar-refractivity contribution < 1.29 is 14.3 Å². The van der Waals surface area contributed by atoms with Crippen LogP contribution in [-0.4, -0.2) is 39.9 Å². The first kappa shape index (κ1) is 26.0. The number of H-pyrrole nitrogens is 1. The van der Waals surface area contributed by atoms with Gasteiger partial charge in [-0.15, -0.1) is 0 Å². The van der Waals surface area contributed by atoms with Gasteiger partial charge in [-0.25, -0.2) is 4.98 Å². The molecule has 0 saturated heterocycles. The maximum Gasteiger partial charge on any atom is 0.256 e. The number of hydrogen-bond acceptors (Lipinski definition) is 6. The number of rotatable bonds is 9. The predicted octanol–water partition coefficient (Wildman–Crippen LogP) is 5.21. The number of halogens is 2. The number of amides is 2. The van der Waals surface area contributed by atoms with Crippen LogP contribution in [0, 0.1) is 11.3 Å². The van der Waals surface area contributed by atoms with Crippen molar-refractivity contribution >= 4 is 57.8 Å². The Balaban J connectivity index is 1.58. The lowest BCUT2D eigenvalue weighted by Crippen LogP contribution is -2.34. The monoisotopic (exact) mass is 532 g/mol. The molecule has 1 saturated carbocycles. The van der Waals surface area contributed by atoms with Crippen LogP contribution in [0.5, 0.6) is 5.88 Å². The van der Waals surface area contributed by atoms with Crippen molar-refractivity contribution in [1.82, 2.24) is 25.6 Å². The first-order valence-electron chi connectivity index (χ1n) is 11.9. The number of nitrogens with zero attached hydrogens (tertiary/aromatic N) is 2. The van der Waals surface area contributed by atoms with Crippen LogP contribution in [0.1, 0.15) is 56.5 Å². The molecule has 0 bridgehead atoms. The average molecular weight is 533 g/mol. The molecule has 3 aromatic rings. The van der Waals surface area contributed by atoms with Gasteiger partial charge in [0, 0.05) is 18.5 Å². The third-order valence-corrected chi connectivity index (χ3v) is 6.49. The zero-order valence-corrected chi connectivity index (χ0v) is 22.2. The molecule has 9 nitrogen and oxygen atoms in total. The minimum absolute atomic E-state index is 0.0894. The van der Waals surface area contributed by atoms with Crippen LogP contribution in [0.2, 0.25) is 10.0 Å². The van der Waals surface area contributed by atoms with E-state index in [-0.39, 0.29) is 24.2 Å². The molecule has 4 rings (SSSR count). The van der Waals surface area contributed by atoms with Gasteiger partial charge in [-0.05, 0) is 43.4 Å². The van der Waals surface area contributed by atoms with E-state index in [9.17, 15) is 9.59 Å². The van der Waals surface area contributed by atoms with Gasteiger partial charge < -0.3 is 25.7 Å². The second-order valence-corrected chi connectivity index (χ2v) is 10.6. The zero-order valence-electron chi connectivity index (χ0n) is 20.7. The lowest BCUT2D eigenvalue weighted by molar-refractivity contribution is -0.128. The molecule has 36 heavy (non-hydrogen) atoms. The van der Waals surface area contributed by atoms with E-state index in [0.717, 1.165) is 12.8 Å². The number of carbonyl (C=O) groups excluding carboxylic acids is 2. The molecule has 2 amide bonds. The van der Waals surface area contributed by atoms with Crippen molar-refractivity contribution in [2.24, 2.45) is 11.3 Å². The standard InChI is InChI=1S/C25H30Cl2N6O3/c1-5-36-22-15(21(34)28-11-13-6-7-13)10-17-20(32-22)33-24(30-17)31-19-16(26)9-8-14(18(19)27)12-29-23(35)25(2,3)4/h8-10,13H,5-7,11-12H2,1-4H3,(H,28,34)(H,29,35)(H2,30,31,32,33). The van der Waals surface area contributed by atoms with Crippen molar-refractivity contribution in [1.29, 1.82) is 0 Å². The largest absolute Gasteiger partial charge is 0.477 e. The number of benzene rings is 1. The molecule has 2 heterocycles. The van der Waals surface area contributed by atoms with Crippen molar-refractivity contribution in [3.63, 3.8) is 0 Å². The van der Waals surface area contributed by atoms with Crippen molar-refractivity contribution in [3.05, 3.63) is 39.4 Å². The Labute approximate surface area is 219 Å². The van der Waals surface area contributed by atoms with Gasteiger partial charge in [-0.1, -0.05) is 50.0 Å². The lowest BCUT2D eigenvalue weighted by atomic mass is 9.95. The number of nitrogens with one attached hydrogen (secondary N) is 4. The summed E-state index contributed by atoms with van der Waals surface area (Å²) in [4.78, 5) is 37.1. The van der Waals surface area contributed by atoms with E-state index in [4.69, 9.17) is 27.9 Å². The number of carbonyl (C=O) groups is 2. The maximum absolute atomic E-state index is 12.8. The SMILES string of the molecule is CCOc1nc2[nH]c(Nc3c(Cl)ccc(CNC(=O)C(C)(C)C)c3Cl)nc2cc1C(=O)NCC1CC1. The molecule has 4 N–H and O–H groups in total. The zero-order chi connectivity index (χ0) is 26.0. The summed E-state index contributed by atoms with van der Waals surface area (Å²) in [5, 5.41) is 9.69. The van der Waals surface area contributed by atoms with E-state index < -0.39 is 5.41 Å². The second kappa shape index (κ2) is 10.5. The van der Waals surface area contributed by atoms with Gasteiger partial charge in [-0.3, -0.25) is 9.59 Å². The molecule has 1 aromatic carbocycles. The van der Waals surface area contributed by atoms with Crippen LogP contribution in [0.3, 0.4) is 0 Å². The molecular weight excluding hydrogens is 503 g/mol. The smallest absolute Gasteiger partial charge is 0.256 e. The summed E-state index contributed by atoms with van der Waals surface area (Å²) in [7, 11) is 0. The van der Waals surface area contributed by atoms with E-state index in [1.807, 2.05) is 27.7 Å². The first-order chi connectivity index (χ1) is 17.1. The van der Waals surface area contributed by atoms with Crippen molar-refractivity contribution in [3.8, 4) is 5.88 Å². The number of imidazole rings is 1. The summed E-state index contributed by atoms with van der Waals surface area (Å²) < 4.78 is 5.62. The molecule has 11 heteroatoms. The molecule has 0 unspecified atom stereocenters. The molecule has 1 fully saturated rings. The topological polar surface area (TPSA) is 121 Å². The number of ether oxygens (including phenoxy) is 1. The van der Waals surface area contributed by atoms with Gasteiger partial charge in [0.05, 0.1) is 22.3 Å². The highest BCUT2D eigenvalue weighted by Crippen LogP contribution is 2.36. The van der Waals surface area contributed by atoms with Crippen LogP contribution in [0.25, 0.3) is 11.2 Å². The normalized spacial score (nSPS) is 13.5. The Kier molecular flexibility index (Phi) is 7.61. The summed E-state index contributed by atoms with van der Waals surface area (Å²) in [5.74, 6) is 0.799. The van der Waals surface area contributed by atoms with Gasteiger partial charge in [0.15, 0.2) is 5.65 Å². The maximum atomic E-state index is 12.8. The van der Waals surface area contributed by atoms with Crippen molar-refractivity contribution in [2.75, 3.05) is 18.5 Å². The Morgan fingerprint density at radius 2 is 1.92 bits per heavy atom. The number of aromatic nitrogens is 3. The van der Waals surface area contributed by atoms with Gasteiger partial charge in [0.25, 0.3) is 5.91 Å². The van der Waals surface area contributed by atoms with E-state index >= 15 is 0 Å². The second-order valence-electron chi connectivity index (χ2n) is 9.83. The number of fused-ring (bicyclic) bond motifs is 1. The number of anilines is 2. The quantitative estimate of drug-likeness (QED) is 0.300. The van der Waals surface area contributed by atoms with E-state index in [2.05, 4.69) is 30.9 Å². The molecule has 1 aliphatic carbocycles. The molecule has 1 aliphatic rings. The fraction of sp³-hybridized carbons (Fsp3) is 0.440. The summed E-state index contributed by atoms with van der Waals surface area (Å²) >= 11 is 13.1. The number of aromatic amines is 1. The van der Waals surface area contributed by atoms with Gasteiger partial charge in [0.2, 0.25) is 17.7 Å². The Bertz CT molecular complexity index is 1300. The molecule has 0 spiro atoms. The lowest BCUT2D eigenvalue weighted by Gasteiger charge is -2.18. The molecule has 0 aliphatic heterocycles. The average Bonchev–Trinajstić information content (AvgIpc) is 3.57. The van der Waals surface area contributed by atoms with Gasteiger partial charge in [0.1, 0.15) is 11.1 Å². The number of pyridine rings is 1. The van der Waals surface area contributed by atoms with E-state index in [1.54, 1.807) is 18.2 Å². The highest BCUT2D eigenvalue weighted by molar-refractivity contribution is 6.39. The minimum atomic E-state index is -0.519. The Morgan fingerprint density at radius 3 is 2.58 bits per heavy atom. The summed E-state index contributed by atoms with van der Waals surface area (Å²) in [6, 6.07) is 5.11. The van der Waals surface area contributed by atoms with Crippen LogP contribution in [-0.2, 0) is 11.3 Å². The highest BCUT2D eigenvalue weighted by atomic mass is 35.5. The minimum Gasteiger partial charge on any atom is -0.477 e. The number of hydrogen-bond donors (Lipinski definition) is 4. The van der Waals surface area contributed by atoms with Crippen LogP contribution in [0.15, 0.2) is 18.2 Å². The van der Waals surface area contributed by atoms with Crippen LogP contribution in [0.4, 0.5) is 11.6 Å². The summed E-state index contributed by atoms with van der Waals surface area (Å²) in [6.07, 6.45) is 2.28. The third-order valence-electron chi connectivity index (χ3n) is 5.75. The van der Waals surface area contributed by atoms with E-state index in [0.29, 0.717) is 63.0 Å². The van der Waals surface area contributed by atoms with Gasteiger partial charge >= 0.3 is 0 Å². The summed E-state index contributed by atoms with van der Waals surface area (Å²) in [6.45, 7) is 8.61. The van der Waals surface area contributed by atoms with Crippen molar-refractivity contribution in [2.45, 2.75) is 47.1 Å². The van der Waals surface area contributed by atoms with Gasteiger partial charge in [-0.2, -0.15) is 4.98 Å². The molecule has 0 radical (unpaired) electrons. The van der Waals surface area contributed by atoms with Crippen LogP contribution >= 0.6 is 23.2 Å². The highest BCUT2D eigenvalue weighted by Gasteiger charge is 2.24. The predicted molar refractivity (Wildman–Crippen MR) is 141 cm³/mol. The van der Waals surface area contributed by atoms with Crippen LogP contribution < -0.4 is 20.7 Å². The van der Waals surface area contributed by atoms with E-state index in [1.165, 1.54) is 0 Å². The molecule has 0 atom stereocenters.